The van der Waals surface area contributed by atoms with Gasteiger partial charge in [0, 0.05) is 19.2 Å². The summed E-state index contributed by atoms with van der Waals surface area (Å²) < 4.78 is 0. The van der Waals surface area contributed by atoms with Gasteiger partial charge in [0.05, 0.1) is 11.7 Å². The predicted molar refractivity (Wildman–Crippen MR) is 60.4 cm³/mol. The van der Waals surface area contributed by atoms with E-state index in [2.05, 4.69) is 9.97 Å². The number of likely N-dealkylation sites (tertiary alicyclic amines) is 1. The molecule has 1 atom stereocenters. The largest absolute Gasteiger partial charge is 0.368 e. The van der Waals surface area contributed by atoms with Crippen LogP contribution in [0.5, 0.6) is 0 Å². The molecular weight excluding hydrogens is 204 g/mol. The SMILES string of the molecule is CCC(=O)N1CCC[C@H]1c1ccnc(N)n1. The van der Waals surface area contributed by atoms with Crippen LogP contribution in [0.15, 0.2) is 12.3 Å². The smallest absolute Gasteiger partial charge is 0.222 e. The van der Waals surface area contributed by atoms with Gasteiger partial charge >= 0.3 is 0 Å². The summed E-state index contributed by atoms with van der Waals surface area (Å²) in [6.07, 6.45) is 4.17. The summed E-state index contributed by atoms with van der Waals surface area (Å²) >= 11 is 0. The molecule has 16 heavy (non-hydrogen) atoms. The average Bonchev–Trinajstić information content (AvgIpc) is 2.77. The van der Waals surface area contributed by atoms with Crippen molar-refractivity contribution in [3.63, 3.8) is 0 Å². The minimum absolute atomic E-state index is 0.0812. The monoisotopic (exact) mass is 220 g/mol. The highest BCUT2D eigenvalue weighted by Gasteiger charge is 2.29. The zero-order valence-electron chi connectivity index (χ0n) is 9.39. The summed E-state index contributed by atoms with van der Waals surface area (Å²) in [7, 11) is 0. The van der Waals surface area contributed by atoms with Gasteiger partial charge in [-0.1, -0.05) is 6.92 Å². The van der Waals surface area contributed by atoms with Gasteiger partial charge in [-0.15, -0.1) is 0 Å². The Morgan fingerprint density at radius 1 is 1.69 bits per heavy atom. The number of amides is 1. The van der Waals surface area contributed by atoms with E-state index in [9.17, 15) is 4.79 Å². The summed E-state index contributed by atoms with van der Waals surface area (Å²) in [5.41, 5.74) is 6.41. The third-order valence-corrected chi connectivity index (χ3v) is 2.91. The third kappa shape index (κ3) is 1.98. The maximum Gasteiger partial charge on any atom is 0.222 e. The van der Waals surface area contributed by atoms with Gasteiger partial charge in [-0.3, -0.25) is 4.79 Å². The molecule has 1 fully saturated rings. The van der Waals surface area contributed by atoms with Crippen molar-refractivity contribution >= 4 is 11.9 Å². The van der Waals surface area contributed by atoms with Crippen LogP contribution in [0.25, 0.3) is 0 Å². The zero-order chi connectivity index (χ0) is 11.5. The molecule has 0 aliphatic carbocycles. The van der Waals surface area contributed by atoms with Crippen molar-refractivity contribution < 1.29 is 4.79 Å². The number of carbonyl (C=O) groups is 1. The van der Waals surface area contributed by atoms with Crippen molar-refractivity contribution in [2.75, 3.05) is 12.3 Å². The van der Waals surface area contributed by atoms with Crippen molar-refractivity contribution in [1.29, 1.82) is 0 Å². The van der Waals surface area contributed by atoms with E-state index in [1.807, 2.05) is 17.9 Å². The Bertz CT molecular complexity index is 393. The van der Waals surface area contributed by atoms with Crippen molar-refractivity contribution in [3.8, 4) is 0 Å². The summed E-state index contributed by atoms with van der Waals surface area (Å²) in [5, 5.41) is 0. The molecular formula is C11H16N4O. The first-order chi connectivity index (χ1) is 7.72. The first-order valence-corrected chi connectivity index (χ1v) is 5.60. The number of carbonyl (C=O) groups excluding carboxylic acids is 1. The lowest BCUT2D eigenvalue weighted by Crippen LogP contribution is -2.30. The van der Waals surface area contributed by atoms with Crippen molar-refractivity contribution in [3.05, 3.63) is 18.0 Å². The molecule has 1 aromatic heterocycles. The molecule has 2 rings (SSSR count). The van der Waals surface area contributed by atoms with E-state index in [0.717, 1.165) is 25.1 Å². The standard InChI is InChI=1S/C11H16N4O/c1-2-10(16)15-7-3-4-9(15)8-5-6-13-11(12)14-8/h5-6,9H,2-4,7H2,1H3,(H2,12,13,14)/t9-/m0/s1. The molecule has 1 saturated heterocycles. The lowest BCUT2D eigenvalue weighted by Gasteiger charge is -2.23. The number of aromatic nitrogens is 2. The number of anilines is 1. The minimum atomic E-state index is 0.0812. The van der Waals surface area contributed by atoms with E-state index in [1.54, 1.807) is 6.20 Å². The van der Waals surface area contributed by atoms with E-state index >= 15 is 0 Å². The maximum atomic E-state index is 11.7. The molecule has 5 heteroatoms. The summed E-state index contributed by atoms with van der Waals surface area (Å²) in [4.78, 5) is 21.7. The van der Waals surface area contributed by atoms with Crippen molar-refractivity contribution in [1.82, 2.24) is 14.9 Å². The molecule has 0 aromatic carbocycles. The van der Waals surface area contributed by atoms with Gasteiger partial charge in [-0.2, -0.15) is 0 Å². The van der Waals surface area contributed by atoms with Crippen LogP contribution < -0.4 is 5.73 Å². The molecule has 1 aliphatic rings. The van der Waals surface area contributed by atoms with E-state index in [4.69, 9.17) is 5.73 Å². The predicted octanol–water partition coefficient (Wildman–Crippen LogP) is 1.13. The number of hydrogen-bond donors (Lipinski definition) is 1. The van der Waals surface area contributed by atoms with Gasteiger partial charge in [0.2, 0.25) is 11.9 Å². The Morgan fingerprint density at radius 3 is 3.19 bits per heavy atom. The van der Waals surface area contributed by atoms with Crippen LogP contribution in [-0.4, -0.2) is 27.3 Å². The first kappa shape index (κ1) is 10.9. The number of nitrogen functional groups attached to an aromatic ring is 1. The minimum Gasteiger partial charge on any atom is -0.368 e. The molecule has 2 N–H and O–H groups in total. The van der Waals surface area contributed by atoms with Gasteiger partial charge < -0.3 is 10.6 Å². The number of rotatable bonds is 2. The van der Waals surface area contributed by atoms with Gasteiger partial charge in [0.1, 0.15) is 0 Å². The van der Waals surface area contributed by atoms with Crippen molar-refractivity contribution in [2.24, 2.45) is 0 Å². The number of nitrogens with zero attached hydrogens (tertiary/aromatic N) is 3. The highest BCUT2D eigenvalue weighted by molar-refractivity contribution is 5.76. The highest BCUT2D eigenvalue weighted by atomic mass is 16.2. The molecule has 0 spiro atoms. The Hall–Kier alpha value is -1.65. The van der Waals surface area contributed by atoms with E-state index < -0.39 is 0 Å². The van der Waals surface area contributed by atoms with Gasteiger partial charge in [-0.25, -0.2) is 9.97 Å². The fourth-order valence-electron chi connectivity index (χ4n) is 2.15. The summed E-state index contributed by atoms with van der Waals surface area (Å²) in [6, 6.07) is 1.92. The molecule has 86 valence electrons. The highest BCUT2D eigenvalue weighted by Crippen LogP contribution is 2.31. The van der Waals surface area contributed by atoms with Crippen LogP contribution in [0.3, 0.4) is 0 Å². The van der Waals surface area contributed by atoms with Crippen LogP contribution in [0.2, 0.25) is 0 Å². The lowest BCUT2D eigenvalue weighted by atomic mass is 10.1. The van der Waals surface area contributed by atoms with E-state index in [1.165, 1.54) is 0 Å². The molecule has 1 aliphatic heterocycles. The molecule has 1 aromatic rings. The molecule has 0 bridgehead atoms. The van der Waals surface area contributed by atoms with Crippen molar-refractivity contribution in [2.45, 2.75) is 32.2 Å². The van der Waals surface area contributed by atoms with Crippen LogP contribution in [0.1, 0.15) is 37.9 Å². The lowest BCUT2D eigenvalue weighted by molar-refractivity contribution is -0.131. The van der Waals surface area contributed by atoms with Gasteiger partial charge in [0.25, 0.3) is 0 Å². The molecule has 0 saturated carbocycles. The van der Waals surface area contributed by atoms with Crippen LogP contribution >= 0.6 is 0 Å². The van der Waals surface area contributed by atoms with E-state index in [0.29, 0.717) is 6.42 Å². The quantitative estimate of drug-likeness (QED) is 0.811. The van der Waals surface area contributed by atoms with Crippen LogP contribution in [0.4, 0.5) is 5.95 Å². The fourth-order valence-corrected chi connectivity index (χ4v) is 2.15. The van der Waals surface area contributed by atoms with Gasteiger partial charge in [0.15, 0.2) is 0 Å². The topological polar surface area (TPSA) is 72.1 Å². The molecule has 2 heterocycles. The van der Waals surface area contributed by atoms with Crippen LogP contribution in [0, 0.1) is 0 Å². The molecule has 0 radical (unpaired) electrons. The summed E-state index contributed by atoms with van der Waals surface area (Å²) in [5.74, 6) is 0.452. The maximum absolute atomic E-state index is 11.7. The first-order valence-electron chi connectivity index (χ1n) is 5.60. The number of hydrogen-bond acceptors (Lipinski definition) is 4. The molecule has 1 amide bonds. The van der Waals surface area contributed by atoms with Gasteiger partial charge in [-0.05, 0) is 18.9 Å². The fraction of sp³-hybridized carbons (Fsp3) is 0.545. The van der Waals surface area contributed by atoms with E-state index in [-0.39, 0.29) is 17.9 Å². The normalized spacial score (nSPS) is 20.1. The second-order valence-electron chi connectivity index (χ2n) is 3.94. The zero-order valence-corrected chi connectivity index (χ0v) is 9.39. The second-order valence-corrected chi connectivity index (χ2v) is 3.94. The second kappa shape index (κ2) is 4.47. The molecule has 5 nitrogen and oxygen atoms in total. The average molecular weight is 220 g/mol. The van der Waals surface area contributed by atoms with Crippen LogP contribution in [-0.2, 0) is 4.79 Å². The Kier molecular flexibility index (Phi) is 3.03. The molecule has 0 unspecified atom stereocenters. The Balaban J connectivity index is 2.23. The Labute approximate surface area is 94.7 Å². The summed E-state index contributed by atoms with van der Waals surface area (Å²) in [6.45, 7) is 2.70. The third-order valence-electron chi connectivity index (χ3n) is 2.91. The Morgan fingerprint density at radius 2 is 2.50 bits per heavy atom. The number of nitrogens with two attached hydrogens (primary N) is 1.